The summed E-state index contributed by atoms with van der Waals surface area (Å²) in [6.07, 6.45) is 3.00. The lowest BCUT2D eigenvalue weighted by Crippen LogP contribution is -2.41. The normalized spacial score (nSPS) is 11.1. The highest BCUT2D eigenvalue weighted by Crippen LogP contribution is 2.23. The first kappa shape index (κ1) is 23.8. The summed E-state index contributed by atoms with van der Waals surface area (Å²) in [5, 5.41) is 4.47. The monoisotopic (exact) mass is 476 g/mol. The number of nitrogens with two attached hydrogens (primary N) is 1. The molecule has 0 aliphatic heterocycles. The van der Waals surface area contributed by atoms with Gasteiger partial charge in [-0.1, -0.05) is 13.3 Å². The van der Waals surface area contributed by atoms with Gasteiger partial charge >= 0.3 is 5.69 Å². The van der Waals surface area contributed by atoms with E-state index in [0.29, 0.717) is 24.3 Å². The molecular formula is C25H28N6O4. The first-order valence-corrected chi connectivity index (χ1v) is 11.4. The summed E-state index contributed by atoms with van der Waals surface area (Å²) in [5.74, 6) is -0.0618. The number of unbranched alkanes of at least 4 members (excludes halogenated alkanes) is 1. The number of aromatic amines is 1. The van der Waals surface area contributed by atoms with Gasteiger partial charge in [0.15, 0.2) is 5.69 Å². The van der Waals surface area contributed by atoms with Crippen molar-refractivity contribution in [1.82, 2.24) is 19.3 Å². The minimum atomic E-state index is -0.737. The lowest BCUT2D eigenvalue weighted by molar-refractivity contribution is 0.0983. The molecule has 3 heterocycles. The van der Waals surface area contributed by atoms with Crippen molar-refractivity contribution in [3.05, 3.63) is 92.3 Å². The Morgan fingerprint density at radius 3 is 2.51 bits per heavy atom. The summed E-state index contributed by atoms with van der Waals surface area (Å²) in [4.78, 5) is 42.5. The van der Waals surface area contributed by atoms with Crippen LogP contribution in [-0.2, 0) is 13.1 Å². The molecule has 1 aromatic carbocycles. The van der Waals surface area contributed by atoms with E-state index in [-0.39, 0.29) is 18.1 Å². The summed E-state index contributed by atoms with van der Waals surface area (Å²) >= 11 is 0. The van der Waals surface area contributed by atoms with Crippen molar-refractivity contribution in [1.29, 1.82) is 0 Å². The summed E-state index contributed by atoms with van der Waals surface area (Å²) in [7, 11) is 0. The van der Waals surface area contributed by atoms with E-state index in [2.05, 4.69) is 10.1 Å². The minimum Gasteiger partial charge on any atom is -0.467 e. The van der Waals surface area contributed by atoms with E-state index in [9.17, 15) is 14.4 Å². The van der Waals surface area contributed by atoms with Gasteiger partial charge in [-0.3, -0.25) is 24.0 Å². The lowest BCUT2D eigenvalue weighted by Gasteiger charge is -2.24. The first-order valence-electron chi connectivity index (χ1n) is 11.4. The van der Waals surface area contributed by atoms with Gasteiger partial charge in [0.2, 0.25) is 0 Å². The predicted octanol–water partition coefficient (Wildman–Crippen LogP) is 3.16. The van der Waals surface area contributed by atoms with Gasteiger partial charge in [-0.05, 0) is 62.7 Å². The fraction of sp³-hybridized carbons (Fsp3) is 0.280. The number of nitrogen functional groups attached to an aromatic ring is 1. The minimum absolute atomic E-state index is 0.0374. The van der Waals surface area contributed by atoms with E-state index in [1.807, 2.05) is 26.8 Å². The molecule has 3 aromatic heterocycles. The number of rotatable bonds is 8. The van der Waals surface area contributed by atoms with E-state index >= 15 is 0 Å². The van der Waals surface area contributed by atoms with Crippen LogP contribution in [0.1, 0.15) is 47.3 Å². The topological polar surface area (TPSA) is 132 Å². The number of aromatic nitrogens is 4. The van der Waals surface area contributed by atoms with Crippen LogP contribution in [0.25, 0.3) is 5.69 Å². The molecule has 0 spiro atoms. The molecule has 0 aliphatic rings. The number of H-pyrrole nitrogens is 1. The molecule has 4 rings (SSSR count). The van der Waals surface area contributed by atoms with Crippen LogP contribution >= 0.6 is 0 Å². The Balaban J connectivity index is 1.76. The molecule has 0 fully saturated rings. The molecular weight excluding hydrogens is 448 g/mol. The SMILES string of the molecule is CCCCn1c(N)c(N(Cc2ccco2)C(=O)c2ccc(-n3nc(C)cc3C)cc2)c(=O)[nH]c1=O. The van der Waals surface area contributed by atoms with Crippen LogP contribution in [0.15, 0.2) is 62.7 Å². The Labute approximate surface area is 201 Å². The number of carbonyl (C=O) groups is 1. The Kier molecular flexibility index (Phi) is 6.72. The summed E-state index contributed by atoms with van der Waals surface area (Å²) < 4.78 is 8.51. The second-order valence-electron chi connectivity index (χ2n) is 8.35. The Morgan fingerprint density at radius 1 is 1.17 bits per heavy atom. The van der Waals surface area contributed by atoms with E-state index in [1.54, 1.807) is 41.1 Å². The third kappa shape index (κ3) is 4.81. The van der Waals surface area contributed by atoms with Crippen molar-refractivity contribution in [3.63, 3.8) is 0 Å². The Hall–Kier alpha value is -4.34. The van der Waals surface area contributed by atoms with Gasteiger partial charge in [0, 0.05) is 17.8 Å². The number of furan rings is 1. The fourth-order valence-corrected chi connectivity index (χ4v) is 3.98. The van der Waals surface area contributed by atoms with Gasteiger partial charge < -0.3 is 10.2 Å². The van der Waals surface area contributed by atoms with Crippen LogP contribution in [0.5, 0.6) is 0 Å². The molecule has 0 aliphatic carbocycles. The molecule has 182 valence electrons. The van der Waals surface area contributed by atoms with Gasteiger partial charge in [-0.25, -0.2) is 9.48 Å². The second kappa shape index (κ2) is 9.88. The Morgan fingerprint density at radius 2 is 1.91 bits per heavy atom. The maximum Gasteiger partial charge on any atom is 0.330 e. The predicted molar refractivity (Wildman–Crippen MR) is 133 cm³/mol. The highest BCUT2D eigenvalue weighted by molar-refractivity contribution is 6.07. The first-order chi connectivity index (χ1) is 16.8. The number of nitrogens with zero attached hydrogens (tertiary/aromatic N) is 4. The second-order valence-corrected chi connectivity index (χ2v) is 8.35. The maximum absolute atomic E-state index is 13.7. The largest absolute Gasteiger partial charge is 0.467 e. The molecule has 4 aromatic rings. The van der Waals surface area contributed by atoms with Gasteiger partial charge in [-0.2, -0.15) is 5.10 Å². The quantitative estimate of drug-likeness (QED) is 0.401. The van der Waals surface area contributed by atoms with E-state index in [0.717, 1.165) is 23.5 Å². The maximum atomic E-state index is 13.7. The van der Waals surface area contributed by atoms with E-state index < -0.39 is 17.2 Å². The molecule has 35 heavy (non-hydrogen) atoms. The molecule has 0 radical (unpaired) electrons. The fourth-order valence-electron chi connectivity index (χ4n) is 3.98. The van der Waals surface area contributed by atoms with E-state index in [1.165, 1.54) is 15.7 Å². The molecule has 0 unspecified atom stereocenters. The van der Waals surface area contributed by atoms with Crippen LogP contribution in [0.3, 0.4) is 0 Å². The van der Waals surface area contributed by atoms with Crippen LogP contribution in [0.2, 0.25) is 0 Å². The summed E-state index contributed by atoms with van der Waals surface area (Å²) in [6, 6.07) is 12.3. The zero-order valence-electron chi connectivity index (χ0n) is 19.9. The molecule has 0 atom stereocenters. The zero-order chi connectivity index (χ0) is 25.1. The zero-order valence-corrected chi connectivity index (χ0v) is 19.9. The number of benzene rings is 1. The highest BCUT2D eigenvalue weighted by Gasteiger charge is 2.26. The molecule has 0 saturated heterocycles. The molecule has 10 nitrogen and oxygen atoms in total. The molecule has 10 heteroatoms. The van der Waals surface area contributed by atoms with Gasteiger partial charge in [0.05, 0.1) is 24.2 Å². The number of anilines is 2. The number of nitrogens with one attached hydrogen (secondary N) is 1. The van der Waals surface area contributed by atoms with Crippen LogP contribution in [0.4, 0.5) is 11.5 Å². The standard InChI is InChI=1S/C25H28N6O4/c1-4-5-12-29-22(26)21(23(32)27-25(29)34)30(15-20-7-6-13-35-20)24(33)18-8-10-19(11-9-18)31-17(3)14-16(2)28-31/h6-11,13-14H,4-5,12,15,26H2,1-3H3,(H,27,32,34). The average Bonchev–Trinajstić information content (AvgIpc) is 3.46. The molecule has 1 amide bonds. The number of carbonyl (C=O) groups excluding carboxylic acids is 1. The van der Waals surface area contributed by atoms with Crippen molar-refractivity contribution in [2.24, 2.45) is 0 Å². The van der Waals surface area contributed by atoms with Crippen LogP contribution < -0.4 is 21.9 Å². The third-order valence-electron chi connectivity index (χ3n) is 5.73. The number of aryl methyl sites for hydroxylation is 2. The van der Waals surface area contributed by atoms with Crippen molar-refractivity contribution in [3.8, 4) is 5.69 Å². The smallest absolute Gasteiger partial charge is 0.330 e. The van der Waals surface area contributed by atoms with Gasteiger partial charge in [0.1, 0.15) is 11.6 Å². The van der Waals surface area contributed by atoms with Crippen molar-refractivity contribution >= 4 is 17.4 Å². The van der Waals surface area contributed by atoms with Crippen molar-refractivity contribution in [2.75, 3.05) is 10.6 Å². The highest BCUT2D eigenvalue weighted by atomic mass is 16.3. The summed E-state index contributed by atoms with van der Waals surface area (Å²) in [6.45, 7) is 6.13. The van der Waals surface area contributed by atoms with Crippen molar-refractivity contribution in [2.45, 2.75) is 46.7 Å². The number of hydrogen-bond acceptors (Lipinski definition) is 6. The van der Waals surface area contributed by atoms with Crippen molar-refractivity contribution < 1.29 is 9.21 Å². The molecule has 0 bridgehead atoms. The van der Waals surface area contributed by atoms with Gasteiger partial charge in [0.25, 0.3) is 11.5 Å². The summed E-state index contributed by atoms with van der Waals surface area (Å²) in [5.41, 5.74) is 7.86. The van der Waals surface area contributed by atoms with E-state index in [4.69, 9.17) is 10.2 Å². The molecule has 0 saturated carbocycles. The van der Waals surface area contributed by atoms with Crippen LogP contribution in [0, 0.1) is 13.8 Å². The number of hydrogen-bond donors (Lipinski definition) is 2. The van der Waals surface area contributed by atoms with Gasteiger partial charge in [-0.15, -0.1) is 0 Å². The molecule has 3 N–H and O–H groups in total. The Bertz CT molecular complexity index is 1440. The number of amides is 1. The average molecular weight is 477 g/mol. The lowest BCUT2D eigenvalue weighted by atomic mass is 10.1. The van der Waals surface area contributed by atoms with Crippen LogP contribution in [-0.4, -0.2) is 25.2 Å². The third-order valence-corrected chi connectivity index (χ3v) is 5.73.